The number of amides is 1. The number of nitrogens with one attached hydrogen (secondary N) is 1. The van der Waals surface area contributed by atoms with E-state index >= 15 is 0 Å². The van der Waals surface area contributed by atoms with Gasteiger partial charge in [0.25, 0.3) is 0 Å². The average Bonchev–Trinajstić information content (AvgIpc) is 2.92. The number of hydrogen-bond acceptors (Lipinski definition) is 3. The molecule has 2 aliphatic heterocycles. The highest BCUT2D eigenvalue weighted by Crippen LogP contribution is 2.22. The quantitative estimate of drug-likeness (QED) is 0.844. The Balaban J connectivity index is 1.84. The maximum Gasteiger partial charge on any atom is 0.406 e. The zero-order valence-electron chi connectivity index (χ0n) is 10.9. The van der Waals surface area contributed by atoms with Crippen molar-refractivity contribution in [1.29, 1.82) is 0 Å². The topological polar surface area (TPSA) is 41.6 Å². The lowest BCUT2D eigenvalue weighted by atomic mass is 10.1. The summed E-state index contributed by atoms with van der Waals surface area (Å²) in [6, 6.07) is -0.524. The minimum Gasteiger partial charge on any atom is -0.377 e. The van der Waals surface area contributed by atoms with E-state index in [0.29, 0.717) is 6.42 Å². The van der Waals surface area contributed by atoms with Crippen LogP contribution in [0.1, 0.15) is 26.2 Å². The summed E-state index contributed by atoms with van der Waals surface area (Å²) in [6.07, 6.45) is -1.92. The Hall–Kier alpha value is -0.820. The molecule has 0 aliphatic carbocycles. The molecule has 0 spiro atoms. The largest absolute Gasteiger partial charge is 0.406 e. The third-order valence-electron chi connectivity index (χ3n) is 3.65. The number of carbonyl (C=O) groups excluding carboxylic acids is 1. The van der Waals surface area contributed by atoms with Crippen molar-refractivity contribution in [2.75, 3.05) is 19.7 Å². The van der Waals surface area contributed by atoms with Crippen molar-refractivity contribution in [3.05, 3.63) is 0 Å². The molecule has 7 heteroatoms. The summed E-state index contributed by atoms with van der Waals surface area (Å²) in [7, 11) is 0. The highest BCUT2D eigenvalue weighted by molar-refractivity contribution is 5.84. The number of ether oxygens (including phenoxy) is 1. The number of alkyl halides is 3. The molecule has 0 aromatic rings. The smallest absolute Gasteiger partial charge is 0.377 e. The van der Waals surface area contributed by atoms with Crippen LogP contribution in [0.3, 0.4) is 0 Å². The summed E-state index contributed by atoms with van der Waals surface area (Å²) in [5.74, 6) is -0.456. The Morgan fingerprint density at radius 2 is 2.21 bits per heavy atom. The lowest BCUT2D eigenvalue weighted by Crippen LogP contribution is -2.48. The van der Waals surface area contributed by atoms with Crippen molar-refractivity contribution < 1.29 is 22.7 Å². The minimum atomic E-state index is -4.33. The van der Waals surface area contributed by atoms with Gasteiger partial charge in [-0.25, -0.2) is 0 Å². The Morgan fingerprint density at radius 1 is 1.47 bits per heavy atom. The normalized spacial score (nSPS) is 30.1. The molecule has 2 heterocycles. The van der Waals surface area contributed by atoms with Crippen molar-refractivity contribution in [1.82, 2.24) is 10.2 Å². The van der Waals surface area contributed by atoms with E-state index in [1.54, 1.807) is 0 Å². The van der Waals surface area contributed by atoms with E-state index < -0.39 is 24.7 Å². The van der Waals surface area contributed by atoms with Gasteiger partial charge in [-0.3, -0.25) is 4.79 Å². The molecule has 0 aromatic heterocycles. The maximum absolute atomic E-state index is 12.3. The number of hydrogen-bond donors (Lipinski definition) is 1. The van der Waals surface area contributed by atoms with Gasteiger partial charge in [0.05, 0.1) is 12.1 Å². The van der Waals surface area contributed by atoms with Gasteiger partial charge in [0.15, 0.2) is 0 Å². The van der Waals surface area contributed by atoms with E-state index in [4.69, 9.17) is 4.74 Å². The summed E-state index contributed by atoms with van der Waals surface area (Å²) < 4.78 is 42.3. The highest BCUT2D eigenvalue weighted by Gasteiger charge is 2.40. The van der Waals surface area contributed by atoms with Gasteiger partial charge in [0.2, 0.25) is 5.91 Å². The van der Waals surface area contributed by atoms with E-state index in [1.807, 2.05) is 6.92 Å². The number of nitrogens with zero attached hydrogens (tertiary/aromatic N) is 1. The van der Waals surface area contributed by atoms with Crippen molar-refractivity contribution in [3.8, 4) is 0 Å². The SMILES string of the molecule is C[C@H](N[C@@H]1CCN(CC(F)(F)F)C1=O)[C@H]1CCCO1. The van der Waals surface area contributed by atoms with E-state index in [-0.39, 0.29) is 18.7 Å². The molecule has 3 atom stereocenters. The van der Waals surface area contributed by atoms with E-state index in [9.17, 15) is 18.0 Å². The zero-order valence-corrected chi connectivity index (χ0v) is 10.9. The lowest BCUT2D eigenvalue weighted by Gasteiger charge is -2.24. The molecular weight excluding hydrogens is 261 g/mol. The van der Waals surface area contributed by atoms with Crippen LogP contribution < -0.4 is 5.32 Å². The molecule has 2 aliphatic rings. The van der Waals surface area contributed by atoms with Crippen LogP contribution in [0.25, 0.3) is 0 Å². The van der Waals surface area contributed by atoms with Gasteiger partial charge in [-0.2, -0.15) is 13.2 Å². The summed E-state index contributed by atoms with van der Waals surface area (Å²) in [4.78, 5) is 12.7. The molecule has 110 valence electrons. The Bertz CT molecular complexity index is 329. The van der Waals surface area contributed by atoms with Gasteiger partial charge in [0.1, 0.15) is 6.54 Å². The fourth-order valence-electron chi connectivity index (χ4n) is 2.69. The minimum absolute atomic E-state index is 0.0118. The molecule has 2 saturated heterocycles. The number of carbonyl (C=O) groups is 1. The second kappa shape index (κ2) is 5.66. The Kier molecular flexibility index (Phi) is 4.35. The molecule has 0 bridgehead atoms. The van der Waals surface area contributed by atoms with Gasteiger partial charge in [-0.05, 0) is 26.2 Å². The molecule has 4 nitrogen and oxygen atoms in total. The number of halogens is 3. The number of rotatable bonds is 4. The maximum atomic E-state index is 12.3. The van der Waals surface area contributed by atoms with Crippen molar-refractivity contribution in [2.45, 2.75) is 50.6 Å². The second-order valence-electron chi connectivity index (χ2n) is 5.22. The number of likely N-dealkylation sites (tertiary alicyclic amines) is 1. The van der Waals surface area contributed by atoms with Crippen molar-refractivity contribution in [2.24, 2.45) is 0 Å². The summed E-state index contributed by atoms with van der Waals surface area (Å²) in [6.45, 7) is 1.64. The van der Waals surface area contributed by atoms with Crippen LogP contribution in [0.5, 0.6) is 0 Å². The third kappa shape index (κ3) is 3.82. The molecule has 2 rings (SSSR count). The van der Waals surface area contributed by atoms with Gasteiger partial charge in [-0.1, -0.05) is 0 Å². The molecular formula is C12H19F3N2O2. The van der Waals surface area contributed by atoms with E-state index in [0.717, 1.165) is 24.3 Å². The molecule has 0 saturated carbocycles. The van der Waals surface area contributed by atoms with Crippen LogP contribution in [0.15, 0.2) is 0 Å². The molecule has 2 fully saturated rings. The van der Waals surface area contributed by atoms with Crippen LogP contribution in [0.4, 0.5) is 13.2 Å². The van der Waals surface area contributed by atoms with Gasteiger partial charge >= 0.3 is 6.18 Å². The molecule has 0 radical (unpaired) electrons. The first-order chi connectivity index (χ1) is 8.87. The Morgan fingerprint density at radius 3 is 2.79 bits per heavy atom. The first kappa shape index (κ1) is 14.6. The first-order valence-corrected chi connectivity index (χ1v) is 6.60. The fourth-order valence-corrected chi connectivity index (χ4v) is 2.69. The van der Waals surface area contributed by atoms with Gasteiger partial charge in [0, 0.05) is 19.2 Å². The van der Waals surface area contributed by atoms with Crippen LogP contribution in [0.2, 0.25) is 0 Å². The first-order valence-electron chi connectivity index (χ1n) is 6.60. The fraction of sp³-hybridized carbons (Fsp3) is 0.917. The second-order valence-corrected chi connectivity index (χ2v) is 5.22. The molecule has 1 amide bonds. The summed E-state index contributed by atoms with van der Waals surface area (Å²) >= 11 is 0. The molecule has 1 N–H and O–H groups in total. The highest BCUT2D eigenvalue weighted by atomic mass is 19.4. The van der Waals surface area contributed by atoms with E-state index in [1.165, 1.54) is 0 Å². The Labute approximate surface area is 110 Å². The molecule has 0 unspecified atom stereocenters. The van der Waals surface area contributed by atoms with Crippen molar-refractivity contribution in [3.63, 3.8) is 0 Å². The van der Waals surface area contributed by atoms with Crippen LogP contribution >= 0.6 is 0 Å². The average molecular weight is 280 g/mol. The third-order valence-corrected chi connectivity index (χ3v) is 3.65. The predicted octanol–water partition coefficient (Wildman–Crippen LogP) is 1.31. The molecule has 19 heavy (non-hydrogen) atoms. The van der Waals surface area contributed by atoms with Crippen molar-refractivity contribution >= 4 is 5.91 Å². The lowest BCUT2D eigenvalue weighted by molar-refractivity contribution is -0.158. The van der Waals surface area contributed by atoms with E-state index in [2.05, 4.69) is 5.32 Å². The summed E-state index contributed by atoms with van der Waals surface area (Å²) in [5, 5.41) is 3.10. The van der Waals surface area contributed by atoms with Crippen LogP contribution in [-0.2, 0) is 9.53 Å². The van der Waals surface area contributed by atoms with Crippen LogP contribution in [-0.4, -0.2) is 54.9 Å². The van der Waals surface area contributed by atoms with Gasteiger partial charge in [-0.15, -0.1) is 0 Å². The standard InChI is InChI=1S/C12H19F3N2O2/c1-8(10-3-2-6-19-10)16-9-4-5-17(11(9)18)7-12(13,14)15/h8-10,16H,2-7H2,1H3/t8-,9+,10+/m0/s1. The summed E-state index contributed by atoms with van der Waals surface area (Å²) in [5.41, 5.74) is 0. The molecule has 0 aromatic carbocycles. The monoisotopic (exact) mass is 280 g/mol. The zero-order chi connectivity index (χ0) is 14.0. The van der Waals surface area contributed by atoms with Gasteiger partial charge < -0.3 is 15.0 Å². The van der Waals surface area contributed by atoms with Crippen LogP contribution in [0, 0.1) is 0 Å². The predicted molar refractivity (Wildman–Crippen MR) is 62.6 cm³/mol.